The summed E-state index contributed by atoms with van der Waals surface area (Å²) < 4.78 is 1.30. The lowest BCUT2D eigenvalue weighted by Crippen LogP contribution is -2.43. The number of hydrogen-bond acceptors (Lipinski definition) is 5. The third-order valence-electron chi connectivity index (χ3n) is 2.79. The number of nitrogens with zero attached hydrogens (tertiary/aromatic N) is 3. The Labute approximate surface area is 120 Å². The molecule has 3 N–H and O–H groups in total. The third kappa shape index (κ3) is 4.30. The molecular formula is C13H14N4O4. The Balaban J connectivity index is 1.97. The highest BCUT2D eigenvalue weighted by molar-refractivity contribution is 5.83. The van der Waals surface area contributed by atoms with Crippen molar-refractivity contribution in [2.75, 3.05) is 0 Å². The molecule has 2 aromatic rings. The first-order valence-corrected chi connectivity index (χ1v) is 6.19. The molecule has 0 unspecified atom stereocenters. The number of aromatic nitrogens is 3. The molecule has 0 bridgehead atoms. The highest BCUT2D eigenvalue weighted by Crippen LogP contribution is 2.11. The van der Waals surface area contributed by atoms with Gasteiger partial charge < -0.3 is 15.5 Å². The van der Waals surface area contributed by atoms with Crippen LogP contribution in [0.4, 0.5) is 0 Å². The molecule has 1 amide bonds. The van der Waals surface area contributed by atoms with E-state index in [0.717, 1.165) is 0 Å². The van der Waals surface area contributed by atoms with Gasteiger partial charge in [0, 0.05) is 12.6 Å². The van der Waals surface area contributed by atoms with Gasteiger partial charge in [0.2, 0.25) is 5.91 Å². The summed E-state index contributed by atoms with van der Waals surface area (Å²) in [6, 6.07) is 5.09. The predicted octanol–water partition coefficient (Wildman–Crippen LogP) is -0.204. The van der Waals surface area contributed by atoms with Gasteiger partial charge in [0.25, 0.3) is 0 Å². The van der Waals surface area contributed by atoms with Crippen molar-refractivity contribution in [2.45, 2.75) is 19.0 Å². The van der Waals surface area contributed by atoms with Gasteiger partial charge in [-0.25, -0.2) is 9.48 Å². The number of carboxylic acids is 1. The average Bonchev–Trinajstić information content (AvgIpc) is 2.93. The number of carbonyl (C=O) groups excluding carboxylic acids is 1. The van der Waals surface area contributed by atoms with Crippen molar-refractivity contribution >= 4 is 11.9 Å². The molecule has 1 aromatic carbocycles. The van der Waals surface area contributed by atoms with E-state index < -0.39 is 17.9 Å². The number of benzene rings is 1. The summed E-state index contributed by atoms with van der Waals surface area (Å²) in [5.74, 6) is -1.50. The monoisotopic (exact) mass is 290 g/mol. The molecule has 0 fully saturated rings. The maximum atomic E-state index is 11.8. The standard InChI is InChI=1S/C13H14N4O4/c18-10-3-1-9(2-4-10)7-11(13(20)21)15-12(19)8-17-6-5-14-16-17/h1-6,11,18H,7-8H2,(H,15,19)(H,20,21)/t11-/m0/s1. The second-order valence-electron chi connectivity index (χ2n) is 4.43. The van der Waals surface area contributed by atoms with Gasteiger partial charge >= 0.3 is 5.97 Å². The molecule has 8 nitrogen and oxygen atoms in total. The Bertz CT molecular complexity index is 610. The van der Waals surface area contributed by atoms with E-state index in [1.54, 1.807) is 12.1 Å². The minimum absolute atomic E-state index is 0.0979. The quantitative estimate of drug-likeness (QED) is 0.678. The van der Waals surface area contributed by atoms with Gasteiger partial charge in [0.15, 0.2) is 0 Å². The highest BCUT2D eigenvalue weighted by atomic mass is 16.4. The number of carboxylic acid groups (broad SMARTS) is 1. The van der Waals surface area contributed by atoms with Crippen LogP contribution < -0.4 is 5.32 Å². The maximum Gasteiger partial charge on any atom is 0.326 e. The predicted molar refractivity (Wildman–Crippen MR) is 71.4 cm³/mol. The van der Waals surface area contributed by atoms with E-state index in [-0.39, 0.29) is 18.7 Å². The Morgan fingerprint density at radius 1 is 1.29 bits per heavy atom. The van der Waals surface area contributed by atoms with Crippen LogP contribution in [0.1, 0.15) is 5.56 Å². The van der Waals surface area contributed by atoms with Crippen LogP contribution in [-0.4, -0.2) is 43.1 Å². The van der Waals surface area contributed by atoms with Gasteiger partial charge in [-0.2, -0.15) is 0 Å². The Morgan fingerprint density at radius 3 is 2.57 bits per heavy atom. The van der Waals surface area contributed by atoms with E-state index in [1.165, 1.54) is 29.2 Å². The van der Waals surface area contributed by atoms with Crippen LogP contribution in [0.25, 0.3) is 0 Å². The maximum absolute atomic E-state index is 11.8. The van der Waals surface area contributed by atoms with E-state index in [2.05, 4.69) is 15.6 Å². The number of amides is 1. The lowest BCUT2D eigenvalue weighted by atomic mass is 10.1. The minimum atomic E-state index is -1.13. The zero-order valence-corrected chi connectivity index (χ0v) is 11.0. The van der Waals surface area contributed by atoms with Crippen molar-refractivity contribution in [1.82, 2.24) is 20.3 Å². The van der Waals surface area contributed by atoms with Gasteiger partial charge in [-0.15, -0.1) is 5.10 Å². The molecule has 0 spiro atoms. The van der Waals surface area contributed by atoms with Crippen molar-refractivity contribution in [3.63, 3.8) is 0 Å². The summed E-state index contributed by atoms with van der Waals surface area (Å²) in [5, 5.41) is 28.0. The van der Waals surface area contributed by atoms with Crippen molar-refractivity contribution in [1.29, 1.82) is 0 Å². The fourth-order valence-electron chi connectivity index (χ4n) is 1.77. The lowest BCUT2D eigenvalue weighted by Gasteiger charge is -2.14. The fraction of sp³-hybridized carbons (Fsp3) is 0.231. The van der Waals surface area contributed by atoms with Crippen molar-refractivity contribution in [3.05, 3.63) is 42.2 Å². The van der Waals surface area contributed by atoms with Crippen LogP contribution >= 0.6 is 0 Å². The Morgan fingerprint density at radius 2 is 2.00 bits per heavy atom. The number of nitrogens with one attached hydrogen (secondary N) is 1. The van der Waals surface area contributed by atoms with Crippen LogP contribution in [0.15, 0.2) is 36.7 Å². The summed E-state index contributed by atoms with van der Waals surface area (Å²) >= 11 is 0. The van der Waals surface area contributed by atoms with Crippen molar-refractivity contribution in [2.24, 2.45) is 0 Å². The van der Waals surface area contributed by atoms with Crippen LogP contribution in [-0.2, 0) is 22.6 Å². The molecule has 0 aliphatic rings. The zero-order chi connectivity index (χ0) is 15.2. The zero-order valence-electron chi connectivity index (χ0n) is 11.0. The largest absolute Gasteiger partial charge is 0.508 e. The molecule has 0 saturated carbocycles. The third-order valence-corrected chi connectivity index (χ3v) is 2.79. The second-order valence-corrected chi connectivity index (χ2v) is 4.43. The van der Waals surface area contributed by atoms with E-state index in [0.29, 0.717) is 5.56 Å². The van der Waals surface area contributed by atoms with Gasteiger partial charge in [-0.3, -0.25) is 4.79 Å². The smallest absolute Gasteiger partial charge is 0.326 e. The normalized spacial score (nSPS) is 11.8. The first kappa shape index (κ1) is 14.5. The highest BCUT2D eigenvalue weighted by Gasteiger charge is 2.20. The van der Waals surface area contributed by atoms with E-state index in [9.17, 15) is 14.7 Å². The molecule has 1 atom stereocenters. The van der Waals surface area contributed by atoms with E-state index >= 15 is 0 Å². The summed E-state index contributed by atoms with van der Waals surface area (Å²) in [6.45, 7) is -0.0979. The Hall–Kier alpha value is -2.90. The van der Waals surface area contributed by atoms with E-state index in [4.69, 9.17) is 5.11 Å². The van der Waals surface area contributed by atoms with E-state index in [1.807, 2.05) is 0 Å². The summed E-state index contributed by atoms with van der Waals surface area (Å²) in [6.07, 6.45) is 3.06. The van der Waals surface area contributed by atoms with Gasteiger partial charge in [0.1, 0.15) is 18.3 Å². The lowest BCUT2D eigenvalue weighted by molar-refractivity contribution is -0.141. The fourth-order valence-corrected chi connectivity index (χ4v) is 1.77. The Kier molecular flexibility index (Phi) is 4.50. The van der Waals surface area contributed by atoms with Crippen LogP contribution in [0.5, 0.6) is 5.75 Å². The van der Waals surface area contributed by atoms with Crippen LogP contribution in [0, 0.1) is 0 Å². The molecule has 1 heterocycles. The molecular weight excluding hydrogens is 276 g/mol. The first-order valence-electron chi connectivity index (χ1n) is 6.19. The van der Waals surface area contributed by atoms with Gasteiger partial charge in [-0.05, 0) is 17.7 Å². The molecule has 1 aromatic heterocycles. The van der Waals surface area contributed by atoms with Crippen molar-refractivity contribution < 1.29 is 19.8 Å². The van der Waals surface area contributed by atoms with Crippen LogP contribution in [0.2, 0.25) is 0 Å². The molecule has 0 radical (unpaired) electrons. The second kappa shape index (κ2) is 6.51. The summed E-state index contributed by atoms with van der Waals surface area (Å²) in [5.41, 5.74) is 0.696. The number of phenols is 1. The van der Waals surface area contributed by atoms with Gasteiger partial charge in [0.05, 0.1) is 6.20 Å². The number of aromatic hydroxyl groups is 1. The topological polar surface area (TPSA) is 117 Å². The number of rotatable bonds is 6. The number of aliphatic carboxylic acids is 1. The summed E-state index contributed by atoms with van der Waals surface area (Å²) in [4.78, 5) is 23.0. The molecule has 0 saturated heterocycles. The SMILES string of the molecule is O=C(Cn1ccnn1)N[C@@H](Cc1ccc(O)cc1)C(=O)O. The molecule has 0 aliphatic carbocycles. The van der Waals surface area contributed by atoms with Crippen molar-refractivity contribution in [3.8, 4) is 5.75 Å². The molecule has 8 heteroatoms. The molecule has 21 heavy (non-hydrogen) atoms. The number of phenolic OH excluding ortho intramolecular Hbond substituents is 1. The van der Waals surface area contributed by atoms with Gasteiger partial charge in [-0.1, -0.05) is 17.3 Å². The number of carbonyl (C=O) groups is 2. The minimum Gasteiger partial charge on any atom is -0.508 e. The molecule has 110 valence electrons. The summed E-state index contributed by atoms with van der Waals surface area (Å²) in [7, 11) is 0. The molecule has 0 aliphatic heterocycles. The average molecular weight is 290 g/mol. The number of hydrogen-bond donors (Lipinski definition) is 3. The van der Waals surface area contributed by atoms with Crippen LogP contribution in [0.3, 0.4) is 0 Å². The first-order chi connectivity index (χ1) is 10.0. The molecule has 2 rings (SSSR count).